The van der Waals surface area contributed by atoms with Crippen molar-refractivity contribution >= 4 is 23.1 Å². The highest BCUT2D eigenvalue weighted by Crippen LogP contribution is 2.34. The number of allylic oxidation sites excluding steroid dienone is 2. The van der Waals surface area contributed by atoms with Crippen molar-refractivity contribution in [3.63, 3.8) is 0 Å². The zero-order valence-corrected chi connectivity index (χ0v) is 17.9. The van der Waals surface area contributed by atoms with Gasteiger partial charge in [0.25, 0.3) is 0 Å². The van der Waals surface area contributed by atoms with Crippen LogP contribution in [0, 0.1) is 0 Å². The van der Waals surface area contributed by atoms with Gasteiger partial charge in [0, 0.05) is 11.1 Å². The van der Waals surface area contributed by atoms with Gasteiger partial charge in [0.15, 0.2) is 0 Å². The van der Waals surface area contributed by atoms with Gasteiger partial charge in [-0.1, -0.05) is 36.4 Å². The Morgan fingerprint density at radius 3 is 1.71 bits per heavy atom. The third kappa shape index (κ3) is 4.63. The van der Waals surface area contributed by atoms with Crippen LogP contribution in [0.2, 0.25) is 0 Å². The van der Waals surface area contributed by atoms with Crippen LogP contribution in [0.3, 0.4) is 0 Å². The molecule has 162 valence electrons. The summed E-state index contributed by atoms with van der Waals surface area (Å²) < 4.78 is 15.3. The van der Waals surface area contributed by atoms with Gasteiger partial charge in [0.2, 0.25) is 0 Å². The van der Waals surface area contributed by atoms with E-state index in [1.165, 1.54) is 7.11 Å². The molecule has 6 heteroatoms. The van der Waals surface area contributed by atoms with E-state index in [2.05, 4.69) is 0 Å². The number of carbonyl (C=O) groups is 2. The Balaban J connectivity index is 0.000000176. The number of ether oxygens (including phenoxy) is 3. The lowest BCUT2D eigenvalue weighted by Crippen LogP contribution is -2.10. The smallest absolute Gasteiger partial charge is 0.338 e. The molecule has 0 heterocycles. The van der Waals surface area contributed by atoms with Gasteiger partial charge in [0.1, 0.15) is 11.5 Å². The lowest BCUT2D eigenvalue weighted by molar-refractivity contribution is -0.134. The van der Waals surface area contributed by atoms with Crippen molar-refractivity contribution in [1.82, 2.24) is 0 Å². The molecule has 2 aromatic rings. The number of benzene rings is 2. The minimum atomic E-state index is -0.871. The van der Waals surface area contributed by atoms with E-state index >= 15 is 0 Å². The molecule has 0 saturated carbocycles. The number of fused-ring (bicyclic) bond motifs is 2. The van der Waals surface area contributed by atoms with Crippen LogP contribution < -0.4 is 9.47 Å². The van der Waals surface area contributed by atoms with E-state index in [0.717, 1.165) is 59.4 Å². The summed E-state index contributed by atoms with van der Waals surface area (Å²) in [7, 11) is 4.65. The summed E-state index contributed by atoms with van der Waals surface area (Å²) >= 11 is 0. The number of hydrogen-bond acceptors (Lipinski definition) is 5. The van der Waals surface area contributed by atoms with Crippen LogP contribution in [0.25, 0.3) is 11.1 Å². The van der Waals surface area contributed by atoms with Gasteiger partial charge >= 0.3 is 11.9 Å². The van der Waals surface area contributed by atoms with Crippen LogP contribution in [0.5, 0.6) is 11.5 Å². The normalized spacial score (nSPS) is 13.9. The minimum absolute atomic E-state index is 0.283. The molecule has 0 aliphatic heterocycles. The summed E-state index contributed by atoms with van der Waals surface area (Å²) in [5.41, 5.74) is 4.83. The van der Waals surface area contributed by atoms with Crippen molar-refractivity contribution in [2.45, 2.75) is 25.7 Å². The van der Waals surface area contributed by atoms with Gasteiger partial charge in [-0.15, -0.1) is 0 Å². The van der Waals surface area contributed by atoms with E-state index in [1.54, 1.807) is 20.3 Å². The first-order valence-corrected chi connectivity index (χ1v) is 10.1. The highest BCUT2D eigenvalue weighted by Gasteiger charge is 2.22. The van der Waals surface area contributed by atoms with Crippen molar-refractivity contribution in [3.8, 4) is 11.5 Å². The first kappa shape index (κ1) is 22.2. The van der Waals surface area contributed by atoms with E-state index < -0.39 is 5.97 Å². The predicted octanol–water partition coefficient (Wildman–Crippen LogP) is 4.31. The fraction of sp³-hybridized carbons (Fsp3) is 0.280. The molecular weight excluding hydrogens is 396 g/mol. The first-order chi connectivity index (χ1) is 15.0. The fourth-order valence-corrected chi connectivity index (χ4v) is 3.98. The number of carboxylic acid groups (broad SMARTS) is 1. The second-order valence-corrected chi connectivity index (χ2v) is 7.08. The third-order valence-corrected chi connectivity index (χ3v) is 5.41. The topological polar surface area (TPSA) is 82.1 Å². The number of carbonyl (C=O) groups excluding carboxylic acids is 1. The molecule has 2 aliphatic carbocycles. The van der Waals surface area contributed by atoms with E-state index in [-0.39, 0.29) is 5.97 Å². The summed E-state index contributed by atoms with van der Waals surface area (Å²) in [5.74, 6) is 0.463. The van der Waals surface area contributed by atoms with Crippen LogP contribution >= 0.6 is 0 Å². The molecule has 0 radical (unpaired) electrons. The average Bonchev–Trinajstić information content (AvgIpc) is 2.82. The molecule has 0 saturated heterocycles. The minimum Gasteiger partial charge on any atom is -0.496 e. The molecule has 0 unspecified atom stereocenters. The van der Waals surface area contributed by atoms with Crippen LogP contribution in [0.4, 0.5) is 0 Å². The number of rotatable bonds is 4. The zero-order chi connectivity index (χ0) is 22.4. The largest absolute Gasteiger partial charge is 0.496 e. The third-order valence-electron chi connectivity index (χ3n) is 5.41. The fourth-order valence-electron chi connectivity index (χ4n) is 3.98. The maximum atomic E-state index is 11.6. The van der Waals surface area contributed by atoms with E-state index in [9.17, 15) is 9.59 Å². The summed E-state index contributed by atoms with van der Waals surface area (Å²) in [4.78, 5) is 22.6. The molecule has 31 heavy (non-hydrogen) atoms. The van der Waals surface area contributed by atoms with Crippen LogP contribution in [0.15, 0.2) is 48.6 Å². The van der Waals surface area contributed by atoms with Crippen molar-refractivity contribution < 1.29 is 28.9 Å². The molecule has 2 aliphatic rings. The molecule has 4 rings (SSSR count). The Morgan fingerprint density at radius 1 is 0.774 bits per heavy atom. The Labute approximate surface area is 181 Å². The number of aliphatic carboxylic acids is 1. The molecule has 0 amide bonds. The molecule has 0 spiro atoms. The molecule has 0 atom stereocenters. The number of carboxylic acids is 1. The summed E-state index contributed by atoms with van der Waals surface area (Å²) in [6, 6.07) is 11.2. The van der Waals surface area contributed by atoms with Crippen molar-refractivity contribution in [2.24, 2.45) is 0 Å². The second-order valence-electron chi connectivity index (χ2n) is 7.08. The monoisotopic (exact) mass is 422 g/mol. The zero-order valence-electron chi connectivity index (χ0n) is 17.9. The highest BCUT2D eigenvalue weighted by molar-refractivity contribution is 6.17. The van der Waals surface area contributed by atoms with Gasteiger partial charge in [-0.3, -0.25) is 0 Å². The van der Waals surface area contributed by atoms with Crippen LogP contribution in [-0.4, -0.2) is 38.4 Å². The molecular formula is C25H26O6. The number of esters is 1. The first-order valence-electron chi connectivity index (χ1n) is 10.1. The maximum Gasteiger partial charge on any atom is 0.338 e. The average molecular weight is 422 g/mol. The maximum absolute atomic E-state index is 11.6. The Morgan fingerprint density at radius 2 is 1.26 bits per heavy atom. The molecule has 2 aromatic carbocycles. The molecule has 6 nitrogen and oxygen atoms in total. The second kappa shape index (κ2) is 9.98. The van der Waals surface area contributed by atoms with Gasteiger partial charge in [-0.2, -0.15) is 0 Å². The summed E-state index contributed by atoms with van der Waals surface area (Å²) in [6.45, 7) is 0. The predicted molar refractivity (Wildman–Crippen MR) is 118 cm³/mol. The lowest BCUT2D eigenvalue weighted by atomic mass is 9.90. The molecule has 0 fully saturated rings. The quantitative estimate of drug-likeness (QED) is 0.740. The van der Waals surface area contributed by atoms with Gasteiger partial charge < -0.3 is 19.3 Å². The summed E-state index contributed by atoms with van der Waals surface area (Å²) in [6.07, 6.45) is 7.04. The Kier molecular flexibility index (Phi) is 7.13. The van der Waals surface area contributed by atoms with Crippen molar-refractivity contribution in [2.75, 3.05) is 21.3 Å². The van der Waals surface area contributed by atoms with Gasteiger partial charge in [-0.25, -0.2) is 9.59 Å². The Hall–Kier alpha value is -3.54. The standard InChI is InChI=1S/C13H14O3.C12H12O3/c1-15-12-8-4-5-9-10(12)6-3-7-11(9)13(14)16-2;1-15-11-7-3-4-8-9(11)5-2-6-10(8)12(13)14/h4-5,7-8H,3,6H2,1-2H3;3-4,6-7H,2,5H2,1H3,(H,13,14). The molecule has 0 bridgehead atoms. The van der Waals surface area contributed by atoms with Gasteiger partial charge in [-0.05, 0) is 48.9 Å². The SMILES string of the molecule is COC(=O)C1=CCCc2c(OC)cccc21.COc1cccc2c1CCC=C2C(=O)O. The van der Waals surface area contributed by atoms with E-state index in [4.69, 9.17) is 19.3 Å². The van der Waals surface area contributed by atoms with E-state index in [1.807, 2.05) is 42.5 Å². The number of hydrogen-bond donors (Lipinski definition) is 1. The molecule has 0 aromatic heterocycles. The van der Waals surface area contributed by atoms with Crippen molar-refractivity contribution in [1.29, 1.82) is 0 Å². The number of methoxy groups -OCH3 is 3. The molecule has 1 N–H and O–H groups in total. The van der Waals surface area contributed by atoms with Crippen LogP contribution in [0.1, 0.15) is 35.1 Å². The van der Waals surface area contributed by atoms with Crippen LogP contribution in [-0.2, 0) is 27.2 Å². The summed E-state index contributed by atoms with van der Waals surface area (Å²) in [5, 5.41) is 9.04. The van der Waals surface area contributed by atoms with E-state index in [0.29, 0.717) is 11.1 Å². The highest BCUT2D eigenvalue weighted by atomic mass is 16.5. The van der Waals surface area contributed by atoms with Gasteiger partial charge in [0.05, 0.1) is 32.5 Å². The lowest BCUT2D eigenvalue weighted by Gasteiger charge is -2.18. The van der Waals surface area contributed by atoms with Crippen molar-refractivity contribution in [3.05, 3.63) is 70.8 Å². The Bertz CT molecular complexity index is 1050.